The number of carbonyl (C=O) groups is 1. The Morgan fingerprint density at radius 1 is 1.16 bits per heavy atom. The van der Waals surface area contributed by atoms with Crippen LogP contribution in [0.25, 0.3) is 0 Å². The van der Waals surface area contributed by atoms with Gasteiger partial charge in [-0.05, 0) is 55.0 Å². The molecule has 0 spiro atoms. The van der Waals surface area contributed by atoms with E-state index in [4.69, 9.17) is 14.6 Å². The van der Waals surface area contributed by atoms with Crippen molar-refractivity contribution < 1.29 is 18.7 Å². The highest BCUT2D eigenvalue weighted by molar-refractivity contribution is 7.98. The van der Waals surface area contributed by atoms with Crippen molar-refractivity contribution in [3.63, 3.8) is 0 Å². The molecule has 0 saturated heterocycles. The second kappa shape index (κ2) is 12.3. The van der Waals surface area contributed by atoms with Gasteiger partial charge in [-0.2, -0.15) is 4.98 Å². The van der Waals surface area contributed by atoms with Crippen LogP contribution in [0.4, 0.5) is 10.3 Å². The average Bonchev–Trinajstić information content (AvgIpc) is 3.28. The fourth-order valence-electron chi connectivity index (χ4n) is 3.95. The second-order valence-electron chi connectivity index (χ2n) is 9.34. The third-order valence-corrected chi connectivity index (χ3v) is 6.85. The number of benzene rings is 2. The van der Waals surface area contributed by atoms with Crippen molar-refractivity contribution in [2.24, 2.45) is 5.92 Å². The van der Waals surface area contributed by atoms with E-state index in [1.54, 1.807) is 22.9 Å². The highest BCUT2D eigenvalue weighted by Crippen LogP contribution is 2.37. The average molecular weight is 525 g/mol. The van der Waals surface area contributed by atoms with Crippen molar-refractivity contribution in [2.45, 2.75) is 57.5 Å². The Morgan fingerprint density at radius 2 is 1.92 bits per heavy atom. The van der Waals surface area contributed by atoms with E-state index in [1.165, 1.54) is 17.8 Å². The Kier molecular flexibility index (Phi) is 8.87. The number of rotatable bonds is 11. The summed E-state index contributed by atoms with van der Waals surface area (Å²) >= 11 is 1.34. The minimum absolute atomic E-state index is 0.260. The molecule has 0 fully saturated rings. The predicted molar refractivity (Wildman–Crippen MR) is 143 cm³/mol. The first-order valence-corrected chi connectivity index (χ1v) is 13.6. The van der Waals surface area contributed by atoms with Gasteiger partial charge in [0.25, 0.3) is 0 Å². The molecule has 1 N–H and O–H groups in total. The molecule has 0 saturated carbocycles. The number of fused-ring (bicyclic) bond motifs is 1. The van der Waals surface area contributed by atoms with Crippen molar-refractivity contribution in [1.82, 2.24) is 14.8 Å². The summed E-state index contributed by atoms with van der Waals surface area (Å²) in [4.78, 5) is 17.8. The lowest BCUT2D eigenvalue weighted by atomic mass is 9.96. The number of aromatic nitrogens is 3. The number of hydrogen-bond acceptors (Lipinski definition) is 7. The van der Waals surface area contributed by atoms with Gasteiger partial charge in [0, 0.05) is 11.4 Å². The van der Waals surface area contributed by atoms with Crippen LogP contribution in [-0.4, -0.2) is 33.9 Å². The molecule has 1 aliphatic heterocycles. The normalized spacial score (nSPS) is 14.9. The maximum absolute atomic E-state index is 14.1. The van der Waals surface area contributed by atoms with E-state index in [0.717, 1.165) is 24.2 Å². The number of anilines is 1. The number of ether oxygens (including phenoxy) is 2. The van der Waals surface area contributed by atoms with Crippen LogP contribution in [0.3, 0.4) is 0 Å². The van der Waals surface area contributed by atoms with E-state index in [9.17, 15) is 9.18 Å². The molecule has 196 valence electrons. The minimum atomic E-state index is -0.527. The van der Waals surface area contributed by atoms with Crippen molar-refractivity contribution in [2.75, 3.05) is 18.5 Å². The zero-order valence-corrected chi connectivity index (χ0v) is 22.5. The molecule has 37 heavy (non-hydrogen) atoms. The Hall–Kier alpha value is -3.33. The number of thioether (sulfide) groups is 1. The molecule has 9 heteroatoms. The van der Waals surface area contributed by atoms with E-state index < -0.39 is 12.0 Å². The second-order valence-corrected chi connectivity index (χ2v) is 10.3. The van der Waals surface area contributed by atoms with E-state index in [0.29, 0.717) is 52.8 Å². The van der Waals surface area contributed by atoms with Crippen molar-refractivity contribution in [1.29, 1.82) is 0 Å². The number of nitrogens with one attached hydrogen (secondary N) is 1. The zero-order valence-electron chi connectivity index (χ0n) is 21.7. The molecule has 1 aromatic heterocycles. The number of hydrogen-bond donors (Lipinski definition) is 1. The number of nitrogens with zero attached hydrogens (tertiary/aromatic N) is 3. The SMILES string of the molecule is CCCOC(=O)C1=C(C)Nc2nc(SCc3ccccc3F)nn2C1c1ccc(OCCC(C)C)cc1. The summed E-state index contributed by atoms with van der Waals surface area (Å²) in [5, 5.41) is 8.39. The lowest BCUT2D eigenvalue weighted by Gasteiger charge is -2.28. The lowest BCUT2D eigenvalue weighted by Crippen LogP contribution is -2.29. The molecule has 0 radical (unpaired) electrons. The molecule has 1 unspecified atom stereocenters. The molecule has 2 aromatic carbocycles. The standard InChI is InChI=1S/C28H33FN4O3S/c1-5-15-36-26(34)24-19(4)30-27-31-28(37-17-21-8-6-7-9-23(21)29)32-33(27)25(24)20-10-12-22(13-11-20)35-16-14-18(2)3/h6-13,18,25H,5,14-17H2,1-4H3,(H,30,31,32). The Balaban J connectivity index is 1.62. The van der Waals surface area contributed by atoms with Crippen LogP contribution in [0.1, 0.15) is 57.7 Å². The van der Waals surface area contributed by atoms with Crippen LogP contribution in [0.5, 0.6) is 5.75 Å². The van der Waals surface area contributed by atoms with Crippen LogP contribution in [0, 0.1) is 11.7 Å². The quantitative estimate of drug-likeness (QED) is 0.230. The first-order chi connectivity index (χ1) is 17.9. The minimum Gasteiger partial charge on any atom is -0.494 e. The Morgan fingerprint density at radius 3 is 2.62 bits per heavy atom. The number of esters is 1. The van der Waals surface area contributed by atoms with E-state index >= 15 is 0 Å². The summed E-state index contributed by atoms with van der Waals surface area (Å²) in [7, 11) is 0. The van der Waals surface area contributed by atoms with Crippen LogP contribution in [0.2, 0.25) is 0 Å². The molecule has 7 nitrogen and oxygen atoms in total. The van der Waals surface area contributed by atoms with Crippen molar-refractivity contribution >= 4 is 23.7 Å². The first-order valence-electron chi connectivity index (χ1n) is 12.6. The molecule has 3 aromatic rings. The molecule has 2 heterocycles. The highest BCUT2D eigenvalue weighted by atomic mass is 32.2. The van der Waals surface area contributed by atoms with Crippen molar-refractivity contribution in [3.05, 3.63) is 76.7 Å². The van der Waals surface area contributed by atoms with Crippen molar-refractivity contribution in [3.8, 4) is 5.75 Å². The van der Waals surface area contributed by atoms with Gasteiger partial charge in [0.1, 0.15) is 17.6 Å². The van der Waals surface area contributed by atoms with Crippen LogP contribution in [0.15, 0.2) is 65.0 Å². The van der Waals surface area contributed by atoms with Gasteiger partial charge in [0.05, 0.1) is 18.8 Å². The fourth-order valence-corrected chi connectivity index (χ4v) is 4.77. The van der Waals surface area contributed by atoms with Gasteiger partial charge in [0.2, 0.25) is 11.1 Å². The molecule has 0 aliphatic carbocycles. The first kappa shape index (κ1) is 26.7. The monoisotopic (exact) mass is 524 g/mol. The Labute approximate surface area is 221 Å². The highest BCUT2D eigenvalue weighted by Gasteiger charge is 2.35. The molecule has 0 amide bonds. The number of carbonyl (C=O) groups excluding carboxylic acids is 1. The zero-order chi connectivity index (χ0) is 26.4. The molecular formula is C28H33FN4O3S. The van der Waals surface area contributed by atoms with Crippen LogP contribution < -0.4 is 10.1 Å². The third-order valence-electron chi connectivity index (χ3n) is 5.96. The number of halogens is 1. The van der Waals surface area contributed by atoms with Gasteiger partial charge < -0.3 is 14.8 Å². The lowest BCUT2D eigenvalue weighted by molar-refractivity contribution is -0.139. The topological polar surface area (TPSA) is 78.3 Å². The van der Waals surface area contributed by atoms with Gasteiger partial charge in [-0.3, -0.25) is 0 Å². The van der Waals surface area contributed by atoms with E-state index in [1.807, 2.05) is 38.1 Å². The molecule has 1 aliphatic rings. The van der Waals surface area contributed by atoms with Gasteiger partial charge in [-0.15, -0.1) is 5.10 Å². The summed E-state index contributed by atoms with van der Waals surface area (Å²) in [5.74, 6) is 1.59. The fraction of sp³-hybridized carbons (Fsp3) is 0.393. The predicted octanol–water partition coefficient (Wildman–Crippen LogP) is 6.38. The van der Waals surface area contributed by atoms with Gasteiger partial charge in [0.15, 0.2) is 0 Å². The number of allylic oxidation sites excluding steroid dienone is 1. The largest absolute Gasteiger partial charge is 0.494 e. The van der Waals surface area contributed by atoms with Gasteiger partial charge in [-0.1, -0.05) is 62.9 Å². The summed E-state index contributed by atoms with van der Waals surface area (Å²) in [6.07, 6.45) is 1.70. The smallest absolute Gasteiger partial charge is 0.338 e. The summed E-state index contributed by atoms with van der Waals surface area (Å²) in [6.45, 7) is 9.10. The summed E-state index contributed by atoms with van der Waals surface area (Å²) in [6, 6.07) is 13.8. The summed E-state index contributed by atoms with van der Waals surface area (Å²) in [5.41, 5.74) is 2.58. The van der Waals surface area contributed by atoms with Crippen LogP contribution in [-0.2, 0) is 15.3 Å². The maximum atomic E-state index is 14.1. The molecular weight excluding hydrogens is 491 g/mol. The third kappa shape index (κ3) is 6.52. The Bertz CT molecular complexity index is 1260. The summed E-state index contributed by atoms with van der Waals surface area (Å²) < 4.78 is 27.2. The van der Waals surface area contributed by atoms with E-state index in [2.05, 4.69) is 24.1 Å². The molecule has 4 rings (SSSR count). The molecule has 1 atom stereocenters. The van der Waals surface area contributed by atoms with E-state index in [-0.39, 0.29) is 5.82 Å². The molecule has 0 bridgehead atoms. The van der Waals surface area contributed by atoms with Crippen LogP contribution >= 0.6 is 11.8 Å². The van der Waals surface area contributed by atoms with Gasteiger partial charge >= 0.3 is 5.97 Å². The maximum Gasteiger partial charge on any atom is 0.338 e. The van der Waals surface area contributed by atoms with Gasteiger partial charge in [-0.25, -0.2) is 13.9 Å².